The van der Waals surface area contributed by atoms with Gasteiger partial charge in [-0.25, -0.2) is 0 Å². The normalized spacial score (nSPS) is 9.56. The maximum Gasteiger partial charge on any atom is 0.165 e. The number of rotatable bonds is 6. The molecule has 3 heteroatoms. The van der Waals surface area contributed by atoms with Gasteiger partial charge in [0.25, 0.3) is 0 Å². The first-order chi connectivity index (χ1) is 7.83. The summed E-state index contributed by atoms with van der Waals surface area (Å²) >= 11 is 0. The third kappa shape index (κ3) is 3.18. The number of para-hydroxylation sites is 1. The van der Waals surface area contributed by atoms with E-state index in [0.29, 0.717) is 0 Å². The van der Waals surface area contributed by atoms with Crippen LogP contribution >= 0.6 is 0 Å². The van der Waals surface area contributed by atoms with Gasteiger partial charge in [-0.05, 0) is 6.07 Å². The summed E-state index contributed by atoms with van der Waals surface area (Å²) in [5.41, 5.74) is 1.07. The van der Waals surface area contributed by atoms with Crippen LogP contribution in [0.3, 0.4) is 0 Å². The first-order valence-electron chi connectivity index (χ1n) is 5.17. The lowest BCUT2D eigenvalue weighted by molar-refractivity contribution is 0.351. The van der Waals surface area contributed by atoms with Gasteiger partial charge in [-0.3, -0.25) is 0 Å². The summed E-state index contributed by atoms with van der Waals surface area (Å²) in [4.78, 5) is 0. The molecule has 0 unspecified atom stereocenters. The van der Waals surface area contributed by atoms with Gasteiger partial charge in [-0.2, -0.15) is 0 Å². The van der Waals surface area contributed by atoms with Crippen molar-refractivity contribution in [2.75, 3.05) is 20.8 Å². The maximum absolute atomic E-state index is 5.32. The molecule has 0 bridgehead atoms. The van der Waals surface area contributed by atoms with Crippen molar-refractivity contribution in [1.29, 1.82) is 0 Å². The topological polar surface area (TPSA) is 30.5 Å². The maximum atomic E-state index is 5.32. The summed E-state index contributed by atoms with van der Waals surface area (Å²) in [6.45, 7) is 1.53. The summed E-state index contributed by atoms with van der Waals surface area (Å²) in [5, 5.41) is 3.25. The average Bonchev–Trinajstić information content (AvgIpc) is 2.34. The van der Waals surface area contributed by atoms with E-state index in [0.717, 1.165) is 36.6 Å². The molecule has 1 N–H and O–H groups in total. The van der Waals surface area contributed by atoms with Crippen LogP contribution in [-0.2, 0) is 6.54 Å². The van der Waals surface area contributed by atoms with Gasteiger partial charge in [0, 0.05) is 25.1 Å². The molecule has 0 aliphatic carbocycles. The Balaban J connectivity index is 2.68. The van der Waals surface area contributed by atoms with Gasteiger partial charge in [-0.1, -0.05) is 12.1 Å². The average molecular weight is 219 g/mol. The summed E-state index contributed by atoms with van der Waals surface area (Å²) in [6, 6.07) is 5.83. The predicted octanol–water partition coefficient (Wildman–Crippen LogP) is 1.82. The monoisotopic (exact) mass is 219 g/mol. The molecule has 0 radical (unpaired) electrons. The van der Waals surface area contributed by atoms with Crippen LogP contribution in [0.5, 0.6) is 11.5 Å². The van der Waals surface area contributed by atoms with E-state index in [4.69, 9.17) is 15.9 Å². The van der Waals surface area contributed by atoms with Crippen LogP contribution in [0.25, 0.3) is 0 Å². The van der Waals surface area contributed by atoms with Crippen molar-refractivity contribution in [3.63, 3.8) is 0 Å². The Hall–Kier alpha value is -1.66. The number of methoxy groups -OCH3 is 2. The predicted molar refractivity (Wildman–Crippen MR) is 64.7 cm³/mol. The van der Waals surface area contributed by atoms with E-state index in [1.54, 1.807) is 14.2 Å². The molecule has 0 amide bonds. The highest BCUT2D eigenvalue weighted by molar-refractivity contribution is 5.46. The fourth-order valence-electron chi connectivity index (χ4n) is 1.48. The molecule has 0 saturated carbocycles. The van der Waals surface area contributed by atoms with Crippen molar-refractivity contribution in [1.82, 2.24) is 5.32 Å². The Morgan fingerprint density at radius 1 is 1.31 bits per heavy atom. The van der Waals surface area contributed by atoms with E-state index in [2.05, 4.69) is 11.2 Å². The molecule has 0 aliphatic heterocycles. The molecular weight excluding hydrogens is 202 g/mol. The van der Waals surface area contributed by atoms with Crippen LogP contribution in [0.4, 0.5) is 0 Å². The zero-order valence-corrected chi connectivity index (χ0v) is 9.75. The fraction of sp³-hybridized carbons (Fsp3) is 0.385. The van der Waals surface area contributed by atoms with Crippen molar-refractivity contribution in [2.24, 2.45) is 0 Å². The van der Waals surface area contributed by atoms with Crippen LogP contribution in [0.1, 0.15) is 12.0 Å². The minimum absolute atomic E-state index is 0.724. The Bertz CT molecular complexity index is 369. The molecule has 0 aromatic heterocycles. The van der Waals surface area contributed by atoms with Crippen LogP contribution < -0.4 is 14.8 Å². The molecule has 86 valence electrons. The minimum atomic E-state index is 0.724. The highest BCUT2D eigenvalue weighted by Gasteiger charge is 2.08. The quantitative estimate of drug-likeness (QED) is 0.584. The van der Waals surface area contributed by atoms with Crippen molar-refractivity contribution >= 4 is 0 Å². The van der Waals surface area contributed by atoms with E-state index in [9.17, 15) is 0 Å². The Morgan fingerprint density at radius 3 is 2.75 bits per heavy atom. The molecule has 1 aromatic carbocycles. The molecule has 0 spiro atoms. The molecule has 3 nitrogen and oxygen atoms in total. The zero-order valence-electron chi connectivity index (χ0n) is 9.75. The van der Waals surface area contributed by atoms with E-state index in [-0.39, 0.29) is 0 Å². The van der Waals surface area contributed by atoms with Crippen molar-refractivity contribution in [3.8, 4) is 23.8 Å². The summed E-state index contributed by atoms with van der Waals surface area (Å²) in [6.07, 6.45) is 5.90. The second-order valence-corrected chi connectivity index (χ2v) is 3.28. The van der Waals surface area contributed by atoms with Crippen molar-refractivity contribution < 1.29 is 9.47 Å². The molecule has 1 aromatic rings. The van der Waals surface area contributed by atoms with E-state index in [1.807, 2.05) is 18.2 Å². The van der Waals surface area contributed by atoms with E-state index in [1.165, 1.54) is 0 Å². The van der Waals surface area contributed by atoms with Crippen LogP contribution in [0, 0.1) is 12.3 Å². The smallest absolute Gasteiger partial charge is 0.165 e. The van der Waals surface area contributed by atoms with Gasteiger partial charge in [0.15, 0.2) is 11.5 Å². The van der Waals surface area contributed by atoms with Gasteiger partial charge in [0.05, 0.1) is 14.2 Å². The molecule has 1 rings (SSSR count). The number of terminal acetylenes is 1. The molecule has 16 heavy (non-hydrogen) atoms. The van der Waals surface area contributed by atoms with Gasteiger partial charge >= 0.3 is 0 Å². The van der Waals surface area contributed by atoms with E-state index < -0.39 is 0 Å². The molecule has 0 heterocycles. The lowest BCUT2D eigenvalue weighted by atomic mass is 10.2. The number of hydrogen-bond donors (Lipinski definition) is 1. The first-order valence-corrected chi connectivity index (χ1v) is 5.17. The van der Waals surface area contributed by atoms with Gasteiger partial charge in [-0.15, -0.1) is 12.3 Å². The van der Waals surface area contributed by atoms with Gasteiger partial charge in [0.1, 0.15) is 0 Å². The lowest BCUT2D eigenvalue weighted by Gasteiger charge is -2.12. The summed E-state index contributed by atoms with van der Waals surface area (Å²) in [7, 11) is 3.27. The van der Waals surface area contributed by atoms with Crippen molar-refractivity contribution in [3.05, 3.63) is 23.8 Å². The molecular formula is C13H17NO2. The van der Waals surface area contributed by atoms with Crippen LogP contribution in [0.2, 0.25) is 0 Å². The number of benzene rings is 1. The van der Waals surface area contributed by atoms with Gasteiger partial charge in [0.2, 0.25) is 0 Å². The second-order valence-electron chi connectivity index (χ2n) is 3.28. The third-order valence-electron chi connectivity index (χ3n) is 2.25. The minimum Gasteiger partial charge on any atom is -0.493 e. The van der Waals surface area contributed by atoms with Crippen LogP contribution in [-0.4, -0.2) is 20.8 Å². The fourth-order valence-corrected chi connectivity index (χ4v) is 1.48. The molecule has 0 aliphatic rings. The molecule has 0 fully saturated rings. The first kappa shape index (κ1) is 12.4. The molecule has 0 atom stereocenters. The highest BCUT2D eigenvalue weighted by atomic mass is 16.5. The van der Waals surface area contributed by atoms with Gasteiger partial charge < -0.3 is 14.8 Å². The van der Waals surface area contributed by atoms with Crippen LogP contribution in [0.15, 0.2) is 18.2 Å². The van der Waals surface area contributed by atoms with E-state index >= 15 is 0 Å². The summed E-state index contributed by atoms with van der Waals surface area (Å²) < 4.78 is 10.5. The third-order valence-corrected chi connectivity index (χ3v) is 2.25. The second kappa shape index (κ2) is 6.76. The largest absolute Gasteiger partial charge is 0.493 e. The Kier molecular flexibility index (Phi) is 5.24. The highest BCUT2D eigenvalue weighted by Crippen LogP contribution is 2.30. The Labute approximate surface area is 96.8 Å². The Morgan fingerprint density at radius 2 is 2.12 bits per heavy atom. The zero-order chi connectivity index (χ0) is 11.8. The number of ether oxygens (including phenoxy) is 2. The summed E-state index contributed by atoms with van der Waals surface area (Å²) in [5.74, 6) is 4.11. The number of nitrogens with one attached hydrogen (secondary N) is 1. The van der Waals surface area contributed by atoms with Crippen molar-refractivity contribution in [2.45, 2.75) is 13.0 Å². The SMILES string of the molecule is C#CCCNCc1cccc(OC)c1OC. The lowest BCUT2D eigenvalue weighted by Crippen LogP contribution is -2.14. The number of hydrogen-bond acceptors (Lipinski definition) is 3. The standard InChI is InChI=1S/C13H17NO2/c1-4-5-9-14-10-11-7-6-8-12(15-2)13(11)16-3/h1,6-8,14H,5,9-10H2,2-3H3. The molecule has 0 saturated heterocycles.